The summed E-state index contributed by atoms with van der Waals surface area (Å²) in [4.78, 5) is 12.7. The number of hydrogen-bond acceptors (Lipinski definition) is 3. The third-order valence-electron chi connectivity index (χ3n) is 4.96. The summed E-state index contributed by atoms with van der Waals surface area (Å²) in [6.07, 6.45) is 2.16. The molecule has 8 heteroatoms. The summed E-state index contributed by atoms with van der Waals surface area (Å²) in [7, 11) is -3.85. The minimum Gasteiger partial charge on any atom is -0.349 e. The highest BCUT2D eigenvalue weighted by Gasteiger charge is 2.26. The van der Waals surface area contributed by atoms with Crippen LogP contribution in [0.4, 0.5) is 0 Å². The summed E-state index contributed by atoms with van der Waals surface area (Å²) < 4.78 is 27.8. The van der Waals surface area contributed by atoms with Gasteiger partial charge < -0.3 is 5.32 Å². The molecule has 0 atom stereocenters. The van der Waals surface area contributed by atoms with Gasteiger partial charge in [-0.05, 0) is 48.4 Å². The van der Waals surface area contributed by atoms with E-state index >= 15 is 0 Å². The number of hydrogen-bond donors (Lipinski definition) is 2. The van der Waals surface area contributed by atoms with Gasteiger partial charge in [-0.3, -0.25) is 4.79 Å². The molecule has 0 fully saturated rings. The number of fused-ring (bicyclic) bond motifs is 1. The second kappa shape index (κ2) is 9.04. The molecule has 0 saturated carbocycles. The van der Waals surface area contributed by atoms with Gasteiger partial charge in [-0.1, -0.05) is 61.3 Å². The molecule has 0 aliphatic heterocycles. The Morgan fingerprint density at radius 2 is 1.72 bits per heavy atom. The van der Waals surface area contributed by atoms with E-state index in [-0.39, 0.29) is 26.5 Å². The minimum atomic E-state index is -3.85. The fourth-order valence-corrected chi connectivity index (χ4v) is 5.30. The van der Waals surface area contributed by atoms with Crippen LogP contribution in [0.15, 0.2) is 41.3 Å². The van der Waals surface area contributed by atoms with Crippen molar-refractivity contribution in [1.82, 2.24) is 10.0 Å². The molecule has 0 unspecified atom stereocenters. The standard InChI is InChI=1S/C21H24Cl2N2O3S/c1-13(2)7-8-24-29(27,28)20-11-17(18(22)12-19(20)23)21(26)25-16-9-14-5-3-4-6-15(14)10-16/h3-6,11-13,16,24H,7-10H2,1-2H3,(H,25,26). The predicted octanol–water partition coefficient (Wildman–Crippen LogP) is 4.22. The molecule has 1 aliphatic carbocycles. The van der Waals surface area contributed by atoms with Crippen molar-refractivity contribution < 1.29 is 13.2 Å². The van der Waals surface area contributed by atoms with Crippen molar-refractivity contribution in [3.63, 3.8) is 0 Å². The number of carbonyl (C=O) groups excluding carboxylic acids is 1. The third-order valence-corrected chi connectivity index (χ3v) is 7.19. The number of carbonyl (C=O) groups is 1. The van der Waals surface area contributed by atoms with Gasteiger partial charge in [0, 0.05) is 12.6 Å². The van der Waals surface area contributed by atoms with Gasteiger partial charge in [-0.2, -0.15) is 0 Å². The van der Waals surface area contributed by atoms with Gasteiger partial charge in [0.05, 0.1) is 15.6 Å². The summed E-state index contributed by atoms with van der Waals surface area (Å²) in [6, 6.07) is 10.5. The maximum absolute atomic E-state index is 12.8. The van der Waals surface area contributed by atoms with Crippen LogP contribution in [0.25, 0.3) is 0 Å². The first-order valence-electron chi connectivity index (χ1n) is 9.53. The first-order valence-corrected chi connectivity index (χ1v) is 11.8. The summed E-state index contributed by atoms with van der Waals surface area (Å²) in [5.41, 5.74) is 2.51. The predicted molar refractivity (Wildman–Crippen MR) is 116 cm³/mol. The van der Waals surface area contributed by atoms with E-state index in [1.165, 1.54) is 23.3 Å². The summed E-state index contributed by atoms with van der Waals surface area (Å²) in [5.74, 6) is -0.0571. The van der Waals surface area contributed by atoms with Crippen LogP contribution in [0.5, 0.6) is 0 Å². The average Bonchev–Trinajstić information content (AvgIpc) is 3.02. The lowest BCUT2D eigenvalue weighted by Crippen LogP contribution is -2.35. The van der Waals surface area contributed by atoms with E-state index in [0.29, 0.717) is 18.9 Å². The van der Waals surface area contributed by atoms with Gasteiger partial charge in [-0.15, -0.1) is 0 Å². The van der Waals surface area contributed by atoms with Crippen molar-refractivity contribution >= 4 is 39.1 Å². The number of halogens is 2. The molecule has 5 nitrogen and oxygen atoms in total. The normalized spacial score (nSPS) is 14.2. The smallest absolute Gasteiger partial charge is 0.253 e. The minimum absolute atomic E-state index is 0.0168. The Morgan fingerprint density at radius 1 is 1.10 bits per heavy atom. The van der Waals surface area contributed by atoms with Crippen molar-refractivity contribution in [2.75, 3.05) is 6.54 Å². The Labute approximate surface area is 181 Å². The van der Waals surface area contributed by atoms with Gasteiger partial charge in [0.2, 0.25) is 10.0 Å². The Kier molecular flexibility index (Phi) is 6.89. The lowest BCUT2D eigenvalue weighted by molar-refractivity contribution is 0.0938. The molecule has 2 N–H and O–H groups in total. The topological polar surface area (TPSA) is 75.3 Å². The van der Waals surface area contributed by atoms with Crippen LogP contribution in [0, 0.1) is 5.92 Å². The Bertz CT molecular complexity index is 998. The molecule has 1 amide bonds. The molecule has 0 aromatic heterocycles. The number of amides is 1. The Morgan fingerprint density at radius 3 is 2.31 bits per heavy atom. The van der Waals surface area contributed by atoms with E-state index in [2.05, 4.69) is 10.0 Å². The van der Waals surface area contributed by atoms with E-state index in [1.807, 2.05) is 38.1 Å². The Hall–Kier alpha value is -1.60. The van der Waals surface area contributed by atoms with Crippen LogP contribution in [-0.2, 0) is 22.9 Å². The monoisotopic (exact) mass is 454 g/mol. The molecule has 1 aliphatic rings. The fraction of sp³-hybridized carbons (Fsp3) is 0.381. The summed E-state index contributed by atoms with van der Waals surface area (Å²) in [6.45, 7) is 4.31. The maximum Gasteiger partial charge on any atom is 0.253 e. The second-order valence-corrected chi connectivity index (χ2v) is 10.2. The number of rotatable bonds is 7. The maximum atomic E-state index is 12.8. The second-order valence-electron chi connectivity index (χ2n) is 7.69. The van der Waals surface area contributed by atoms with Crippen molar-refractivity contribution in [3.05, 3.63) is 63.1 Å². The average molecular weight is 455 g/mol. The zero-order valence-electron chi connectivity index (χ0n) is 16.3. The van der Waals surface area contributed by atoms with E-state index in [0.717, 1.165) is 12.8 Å². The van der Waals surface area contributed by atoms with Crippen LogP contribution >= 0.6 is 23.2 Å². The summed E-state index contributed by atoms with van der Waals surface area (Å²) >= 11 is 12.3. The molecule has 156 valence electrons. The van der Waals surface area contributed by atoms with Gasteiger partial charge in [0.1, 0.15) is 4.90 Å². The number of sulfonamides is 1. The van der Waals surface area contributed by atoms with Gasteiger partial charge in [-0.25, -0.2) is 13.1 Å². The quantitative estimate of drug-likeness (QED) is 0.657. The number of nitrogens with one attached hydrogen (secondary N) is 2. The van der Waals surface area contributed by atoms with Crippen LogP contribution < -0.4 is 10.0 Å². The molecule has 29 heavy (non-hydrogen) atoms. The molecule has 0 saturated heterocycles. The molecule has 0 bridgehead atoms. The molecule has 2 aromatic rings. The van der Waals surface area contributed by atoms with E-state index in [9.17, 15) is 13.2 Å². The van der Waals surface area contributed by atoms with Gasteiger partial charge in [0.15, 0.2) is 0 Å². The lowest BCUT2D eigenvalue weighted by atomic mass is 10.1. The van der Waals surface area contributed by atoms with Crippen LogP contribution in [0.3, 0.4) is 0 Å². The van der Waals surface area contributed by atoms with E-state index in [4.69, 9.17) is 23.2 Å². The zero-order chi connectivity index (χ0) is 21.2. The van der Waals surface area contributed by atoms with E-state index in [1.54, 1.807) is 0 Å². The third kappa shape index (κ3) is 5.31. The Balaban J connectivity index is 1.77. The van der Waals surface area contributed by atoms with Crippen LogP contribution in [0.2, 0.25) is 10.0 Å². The molecule has 0 heterocycles. The molecular weight excluding hydrogens is 431 g/mol. The highest BCUT2D eigenvalue weighted by molar-refractivity contribution is 7.89. The molecular formula is C21H24Cl2N2O3S. The largest absolute Gasteiger partial charge is 0.349 e. The molecule has 2 aromatic carbocycles. The molecule has 0 radical (unpaired) electrons. The highest BCUT2D eigenvalue weighted by atomic mass is 35.5. The van der Waals surface area contributed by atoms with Gasteiger partial charge >= 0.3 is 0 Å². The SMILES string of the molecule is CC(C)CCNS(=O)(=O)c1cc(C(=O)NC2Cc3ccccc3C2)c(Cl)cc1Cl. The van der Waals surface area contributed by atoms with Crippen LogP contribution in [0.1, 0.15) is 41.8 Å². The molecule has 0 spiro atoms. The lowest BCUT2D eigenvalue weighted by Gasteiger charge is -2.15. The zero-order valence-corrected chi connectivity index (χ0v) is 18.7. The van der Waals surface area contributed by atoms with Crippen molar-refractivity contribution in [2.45, 2.75) is 44.0 Å². The van der Waals surface area contributed by atoms with Crippen molar-refractivity contribution in [2.24, 2.45) is 5.92 Å². The number of benzene rings is 2. The van der Waals surface area contributed by atoms with Gasteiger partial charge in [0.25, 0.3) is 5.91 Å². The van der Waals surface area contributed by atoms with Crippen molar-refractivity contribution in [1.29, 1.82) is 0 Å². The fourth-order valence-electron chi connectivity index (χ4n) is 3.39. The first-order chi connectivity index (χ1) is 13.7. The summed E-state index contributed by atoms with van der Waals surface area (Å²) in [5, 5.41) is 3.06. The van der Waals surface area contributed by atoms with E-state index < -0.39 is 15.9 Å². The van der Waals surface area contributed by atoms with Crippen molar-refractivity contribution in [3.8, 4) is 0 Å². The van der Waals surface area contributed by atoms with Crippen LogP contribution in [-0.4, -0.2) is 26.9 Å². The highest BCUT2D eigenvalue weighted by Crippen LogP contribution is 2.29. The molecule has 3 rings (SSSR count). The first kappa shape index (κ1) is 22.1.